The number of thiophene rings is 5. The van der Waals surface area contributed by atoms with Gasteiger partial charge in [-0.05, 0) is 184 Å². The second kappa shape index (κ2) is 39.3. The number of aliphatic hydroxyl groups is 2. The van der Waals surface area contributed by atoms with Gasteiger partial charge in [0.15, 0.2) is 0 Å². The largest absolute Gasteiger partial charge is 0.378 e. The van der Waals surface area contributed by atoms with Crippen molar-refractivity contribution in [2.45, 2.75) is 235 Å². The lowest BCUT2D eigenvalue weighted by atomic mass is 10.1. The van der Waals surface area contributed by atoms with Crippen LogP contribution in [-0.2, 0) is 0 Å². The van der Waals surface area contributed by atoms with Crippen LogP contribution in [0.25, 0.3) is 0 Å². The van der Waals surface area contributed by atoms with E-state index in [0.29, 0.717) is 33.2 Å². The lowest BCUT2D eigenvalue weighted by molar-refractivity contribution is 0.143. The Hall–Kier alpha value is -5.60. The highest BCUT2D eigenvalue weighted by Gasteiger charge is 2.42. The van der Waals surface area contributed by atoms with Crippen molar-refractivity contribution in [1.82, 2.24) is 0 Å². The molecule has 0 fully saturated rings. The summed E-state index contributed by atoms with van der Waals surface area (Å²) in [6, 6.07) is 20.2. The molecule has 0 bridgehead atoms. The molecule has 10 heteroatoms. The van der Waals surface area contributed by atoms with E-state index in [9.17, 15) is 10.2 Å². The van der Waals surface area contributed by atoms with E-state index in [0.717, 1.165) is 103 Å². The van der Waals surface area contributed by atoms with Gasteiger partial charge in [-0.15, -0.1) is 74.2 Å². The Morgan fingerprint density at radius 2 is 0.630 bits per heavy atom. The highest BCUT2D eigenvalue weighted by atomic mass is 127. The number of hydrogen-bond donors (Lipinski definition) is 2. The fourth-order valence-corrected chi connectivity index (χ4v) is 25.4. The molecule has 0 saturated carbocycles. The van der Waals surface area contributed by atoms with E-state index in [4.69, 9.17) is 6.42 Å². The molecule has 0 radical (unpaired) electrons. The van der Waals surface area contributed by atoms with Crippen molar-refractivity contribution < 1.29 is 10.2 Å². The van der Waals surface area contributed by atoms with Crippen molar-refractivity contribution in [2.24, 2.45) is 0 Å². The molecule has 0 spiro atoms. The minimum absolute atomic E-state index is 0.626. The van der Waals surface area contributed by atoms with Crippen LogP contribution in [0.2, 0.25) is 33.2 Å². The van der Waals surface area contributed by atoms with Gasteiger partial charge in [0.05, 0.1) is 48.8 Å². The Morgan fingerprint density at radius 1 is 0.391 bits per heavy atom. The van der Waals surface area contributed by atoms with E-state index < -0.39 is 27.3 Å². The summed E-state index contributed by atoms with van der Waals surface area (Å²) in [6.07, 6.45) is 11.5. The molecule has 0 atom stereocenters. The molecule has 92 heavy (non-hydrogen) atoms. The Bertz CT molecular complexity index is 3990. The minimum atomic E-state index is -1.74. The van der Waals surface area contributed by atoms with Crippen molar-refractivity contribution in [2.75, 3.05) is 0 Å². The van der Waals surface area contributed by atoms with E-state index in [1.807, 2.05) is 43.3 Å². The monoisotopic (exact) mass is 1460 g/mol. The van der Waals surface area contributed by atoms with Gasteiger partial charge in [-0.1, -0.05) is 224 Å². The van der Waals surface area contributed by atoms with E-state index in [-0.39, 0.29) is 0 Å². The molecular weight excluding hydrogens is 1360 g/mol. The fraction of sp³-hybridized carbons (Fsp3) is 0.439. The number of hydrogen-bond acceptors (Lipinski definition) is 7. The summed E-state index contributed by atoms with van der Waals surface area (Å²) in [5, 5.41) is 19.5. The number of allylic oxidation sites excluding steroid dienone is 6. The normalized spacial score (nSPS) is 11.9. The van der Waals surface area contributed by atoms with Gasteiger partial charge in [0.1, 0.15) is 27.3 Å². The molecule has 5 aromatic rings. The maximum atomic E-state index is 9.81. The molecule has 5 heterocycles. The Kier molecular flexibility index (Phi) is 34.5. The average Bonchev–Trinajstić information content (AvgIpc) is 0.964. The quantitative estimate of drug-likeness (QED) is 0.0742. The Balaban J connectivity index is 0.000000369. The van der Waals surface area contributed by atoms with Gasteiger partial charge in [-0.2, -0.15) is 0 Å². The lowest BCUT2D eigenvalue weighted by Gasteiger charge is -2.38. The summed E-state index contributed by atoms with van der Waals surface area (Å²) in [7, 11) is -3.40. The zero-order chi connectivity index (χ0) is 69.0. The first-order chi connectivity index (χ1) is 43.2. The molecule has 0 aliphatic heterocycles. The van der Waals surface area contributed by atoms with E-state index in [2.05, 4.69) is 276 Å². The summed E-state index contributed by atoms with van der Waals surface area (Å²) in [4.78, 5) is 9.96. The van der Waals surface area contributed by atoms with Crippen molar-refractivity contribution >= 4 is 95.4 Å². The number of halogens is 1. The van der Waals surface area contributed by atoms with Gasteiger partial charge in [0.25, 0.3) is 0 Å². The van der Waals surface area contributed by atoms with Gasteiger partial charge in [-0.25, -0.2) is 0 Å². The van der Waals surface area contributed by atoms with Crippen molar-refractivity contribution in [3.8, 4) is 118 Å². The molecular formula is C82H97IO2S5Si2. The molecule has 0 amide bonds. The summed E-state index contributed by atoms with van der Waals surface area (Å²) in [6.45, 7) is 47.7. The molecule has 2 nitrogen and oxygen atoms in total. The van der Waals surface area contributed by atoms with Gasteiger partial charge in [0, 0.05) is 31.4 Å². The molecule has 0 aliphatic carbocycles. The van der Waals surface area contributed by atoms with Crippen LogP contribution in [0, 0.1) is 118 Å². The van der Waals surface area contributed by atoms with Crippen LogP contribution in [0.15, 0.2) is 92.1 Å². The zero-order valence-electron chi connectivity index (χ0n) is 58.9. The van der Waals surface area contributed by atoms with E-state index >= 15 is 0 Å². The maximum absolute atomic E-state index is 9.81. The third-order valence-electron chi connectivity index (χ3n) is 15.3. The van der Waals surface area contributed by atoms with Crippen LogP contribution in [0.1, 0.15) is 240 Å². The van der Waals surface area contributed by atoms with Gasteiger partial charge < -0.3 is 10.2 Å². The maximum Gasteiger partial charge on any atom is 0.146 e. The molecule has 5 rings (SSSR count). The van der Waals surface area contributed by atoms with Crippen LogP contribution >= 0.6 is 79.3 Å². The standard InChI is InChI=1S/C34H42OS2Si.C25H22OS2.C23H33ISSi/c1-11-12-29(14-16-31-17-19-32(36-31)21-23-34(9,10)35)28(8)13-15-30-18-20-33(37-30)22-24-38(25(2)3,26(4)5)27(6)7;1-6-8-20(19(3)9-11-22-14-13-21(7-2)27-22)10-12-23-15-16-24(28-23)17-18-25(4,5)26;1-9-10-23(24)20(8)11-12-21-13-14-22(25-21)15-16-26(17(2)3,18(4)5)19(6)7/h17-20,25-27,35H,11-12H2,1-10H3;2,13-16,26H,6,8H2,1,3-5H3;13-14,17-19H,9-10H2,1-8H3/b29-28+;20-19+;23-20+. The van der Waals surface area contributed by atoms with Crippen LogP contribution in [0.5, 0.6) is 0 Å². The molecule has 0 saturated heterocycles. The number of rotatable bonds is 12. The third kappa shape index (κ3) is 27.0. The molecule has 0 aromatic carbocycles. The van der Waals surface area contributed by atoms with Gasteiger partial charge in [-0.3, -0.25) is 0 Å². The summed E-state index contributed by atoms with van der Waals surface area (Å²) in [5.74, 6) is 54.3. The molecule has 5 aromatic heterocycles. The molecule has 0 unspecified atom stereocenters. The topological polar surface area (TPSA) is 40.5 Å². The summed E-state index contributed by atoms with van der Waals surface area (Å²) in [5.41, 5.74) is 14.8. The third-order valence-corrected chi connectivity index (χ3v) is 33.8. The second-order valence-electron chi connectivity index (χ2n) is 25.6. The van der Waals surface area contributed by atoms with Crippen molar-refractivity contribution in [1.29, 1.82) is 0 Å². The van der Waals surface area contributed by atoms with Crippen LogP contribution in [-0.4, -0.2) is 37.6 Å². The summed E-state index contributed by atoms with van der Waals surface area (Å²) >= 11 is 10.4. The highest BCUT2D eigenvalue weighted by Crippen LogP contribution is 2.42. The summed E-state index contributed by atoms with van der Waals surface area (Å²) < 4.78 is 1.37. The fourth-order valence-electron chi connectivity index (χ4n) is 10.6. The first kappa shape index (κ1) is 80.6. The zero-order valence-corrected chi connectivity index (χ0v) is 67.1. The Labute approximate surface area is 594 Å². The van der Waals surface area contributed by atoms with Crippen molar-refractivity contribution in [3.63, 3.8) is 0 Å². The minimum Gasteiger partial charge on any atom is -0.378 e. The predicted molar refractivity (Wildman–Crippen MR) is 423 cm³/mol. The SMILES string of the molecule is C#Cc1ccc(C#C/C(C)=C(/C#Cc2ccc(C#CC(C)(C)O)s2)CCC)s1.CCC/C(C#Cc1ccc(C#CC(C)(C)O)s1)=C(/C)C#Cc1ccc(C#C[Si](C(C)C)(C(C)C)C(C)C)s1.CCC/C(I)=C(/C)C#Cc1ccc(C#C[Si](C(C)C)(C(C)C)C(C)C)s1. The first-order valence-corrected chi connectivity index (χ1v) is 41.7. The average molecular weight is 1460 g/mol. The second-order valence-corrected chi connectivity index (χ2v) is 43.5. The van der Waals surface area contributed by atoms with Crippen LogP contribution in [0.3, 0.4) is 0 Å². The van der Waals surface area contributed by atoms with Gasteiger partial charge in [0.2, 0.25) is 0 Å². The lowest BCUT2D eigenvalue weighted by Crippen LogP contribution is -2.43. The van der Waals surface area contributed by atoms with Crippen LogP contribution < -0.4 is 0 Å². The Morgan fingerprint density at radius 3 is 0.880 bits per heavy atom. The molecule has 482 valence electrons. The van der Waals surface area contributed by atoms with E-state index in [1.54, 1.807) is 61.7 Å². The first-order valence-electron chi connectivity index (χ1n) is 32.1. The van der Waals surface area contributed by atoms with Crippen molar-refractivity contribution in [3.05, 3.63) is 141 Å². The number of terminal acetylenes is 1. The highest BCUT2D eigenvalue weighted by molar-refractivity contribution is 14.1. The van der Waals surface area contributed by atoms with Crippen LogP contribution in [0.4, 0.5) is 0 Å². The molecule has 0 aliphatic rings. The predicted octanol–water partition coefficient (Wildman–Crippen LogP) is 22.6. The van der Waals surface area contributed by atoms with Gasteiger partial charge >= 0.3 is 0 Å². The molecule has 2 N–H and O–H groups in total. The van der Waals surface area contributed by atoms with E-state index in [1.165, 1.54) is 38.2 Å². The smallest absolute Gasteiger partial charge is 0.146 e.